The van der Waals surface area contributed by atoms with Crippen molar-refractivity contribution in [2.45, 2.75) is 25.4 Å². The summed E-state index contributed by atoms with van der Waals surface area (Å²) in [7, 11) is 0. The normalized spacial score (nSPS) is 17.1. The van der Waals surface area contributed by atoms with Gasteiger partial charge in [0.05, 0.1) is 6.10 Å². The van der Waals surface area contributed by atoms with Crippen LogP contribution in [-0.4, -0.2) is 6.10 Å². The molecule has 1 aliphatic rings. The summed E-state index contributed by atoms with van der Waals surface area (Å²) in [5.41, 5.74) is 1.04. The monoisotopic (exact) mass is 161 g/mol. The van der Waals surface area contributed by atoms with E-state index in [1.807, 2.05) is 24.3 Å². The van der Waals surface area contributed by atoms with Gasteiger partial charge in [0, 0.05) is 0 Å². The molecule has 1 saturated carbocycles. The molecule has 0 saturated heterocycles. The molecule has 1 aromatic carbocycles. The minimum Gasteiger partial charge on any atom is -0.490 e. The van der Waals surface area contributed by atoms with Gasteiger partial charge < -0.3 is 4.74 Å². The lowest BCUT2D eigenvalue weighted by Gasteiger charge is -2.26. The van der Waals surface area contributed by atoms with Gasteiger partial charge in [0.2, 0.25) is 0 Å². The summed E-state index contributed by atoms with van der Waals surface area (Å²) in [6.45, 7) is 3.82. The zero-order valence-corrected chi connectivity index (χ0v) is 7.12. The topological polar surface area (TPSA) is 9.23 Å². The minimum atomic E-state index is 0.473. The zero-order chi connectivity index (χ0) is 8.39. The van der Waals surface area contributed by atoms with E-state index in [0.29, 0.717) is 6.10 Å². The highest BCUT2D eigenvalue weighted by Crippen LogP contribution is 2.24. The fourth-order valence-corrected chi connectivity index (χ4v) is 1.25. The van der Waals surface area contributed by atoms with Gasteiger partial charge >= 0.3 is 0 Å². The average Bonchev–Trinajstić information content (AvgIpc) is 2.00. The van der Waals surface area contributed by atoms with Crippen molar-refractivity contribution in [3.8, 4) is 5.75 Å². The fraction of sp³-hybridized carbons (Fsp3) is 0.364. The highest BCUT2D eigenvalue weighted by molar-refractivity contribution is 5.28. The van der Waals surface area contributed by atoms with Gasteiger partial charge in [-0.25, -0.2) is 0 Å². The predicted molar refractivity (Wildman–Crippen MR) is 49.2 cm³/mol. The number of benzene rings is 1. The van der Waals surface area contributed by atoms with Gasteiger partial charge in [-0.3, -0.25) is 0 Å². The number of hydrogen-bond acceptors (Lipinski definition) is 1. The largest absolute Gasteiger partial charge is 0.490 e. The Kier molecular flexibility index (Phi) is 2.03. The van der Waals surface area contributed by atoms with Crippen molar-refractivity contribution < 1.29 is 4.74 Å². The lowest BCUT2D eigenvalue weighted by Crippen LogP contribution is -2.24. The summed E-state index contributed by atoms with van der Waals surface area (Å²) in [5, 5.41) is 0. The van der Waals surface area contributed by atoms with Gasteiger partial charge in [-0.15, -0.1) is 0 Å². The summed E-state index contributed by atoms with van der Waals surface area (Å²) in [6, 6.07) is 7.93. The average molecular weight is 161 g/mol. The first-order valence-electron chi connectivity index (χ1n) is 4.43. The molecule has 0 spiro atoms. The van der Waals surface area contributed by atoms with E-state index < -0.39 is 0 Å². The molecule has 1 radical (unpaired) electrons. The van der Waals surface area contributed by atoms with Crippen LogP contribution in [0.3, 0.4) is 0 Å². The molecule has 1 fully saturated rings. The van der Waals surface area contributed by atoms with Gasteiger partial charge in [-0.2, -0.15) is 0 Å². The molecular weight excluding hydrogens is 148 g/mol. The van der Waals surface area contributed by atoms with Crippen LogP contribution in [0, 0.1) is 6.92 Å². The van der Waals surface area contributed by atoms with Crippen molar-refractivity contribution in [1.82, 2.24) is 0 Å². The summed E-state index contributed by atoms with van der Waals surface area (Å²) >= 11 is 0. The Labute approximate surface area is 73.4 Å². The van der Waals surface area contributed by atoms with Crippen molar-refractivity contribution in [2.24, 2.45) is 0 Å². The second-order valence-electron chi connectivity index (χ2n) is 3.31. The molecule has 0 aromatic heterocycles. The molecule has 0 heterocycles. The molecule has 2 rings (SSSR count). The van der Waals surface area contributed by atoms with E-state index >= 15 is 0 Å². The first kappa shape index (κ1) is 7.66. The van der Waals surface area contributed by atoms with E-state index in [0.717, 1.165) is 11.3 Å². The second-order valence-corrected chi connectivity index (χ2v) is 3.31. The Morgan fingerprint density at radius 1 is 1.17 bits per heavy atom. The molecule has 1 nitrogen and oxygen atoms in total. The van der Waals surface area contributed by atoms with E-state index in [4.69, 9.17) is 4.74 Å². The molecular formula is C11H13O. The Morgan fingerprint density at radius 3 is 2.33 bits per heavy atom. The Balaban J connectivity index is 1.98. The van der Waals surface area contributed by atoms with Crippen LogP contribution >= 0.6 is 0 Å². The SMILES string of the molecule is [CH2]c1ccc(OC2CCC2)cc1. The molecule has 1 aliphatic carbocycles. The molecule has 1 aromatic rings. The van der Waals surface area contributed by atoms with Crippen molar-refractivity contribution in [1.29, 1.82) is 0 Å². The van der Waals surface area contributed by atoms with Crippen LogP contribution in [0.1, 0.15) is 24.8 Å². The van der Waals surface area contributed by atoms with Gasteiger partial charge in [0.15, 0.2) is 0 Å². The predicted octanol–water partition coefficient (Wildman–Crippen LogP) is 2.80. The minimum absolute atomic E-state index is 0.473. The first-order valence-corrected chi connectivity index (χ1v) is 4.43. The van der Waals surface area contributed by atoms with Crippen molar-refractivity contribution in [2.75, 3.05) is 0 Å². The van der Waals surface area contributed by atoms with Gasteiger partial charge in [0.1, 0.15) is 5.75 Å². The summed E-state index contributed by atoms with van der Waals surface area (Å²) in [4.78, 5) is 0. The van der Waals surface area contributed by atoms with E-state index in [1.54, 1.807) is 0 Å². The van der Waals surface area contributed by atoms with E-state index in [1.165, 1.54) is 19.3 Å². The van der Waals surface area contributed by atoms with E-state index in [2.05, 4.69) is 6.92 Å². The molecule has 0 bridgehead atoms. The van der Waals surface area contributed by atoms with Crippen LogP contribution in [0.15, 0.2) is 24.3 Å². The van der Waals surface area contributed by atoms with Crippen molar-refractivity contribution in [3.63, 3.8) is 0 Å². The Bertz CT molecular complexity index is 246. The first-order chi connectivity index (χ1) is 5.84. The third kappa shape index (κ3) is 1.60. The quantitative estimate of drug-likeness (QED) is 0.648. The van der Waals surface area contributed by atoms with Crippen LogP contribution in [0.25, 0.3) is 0 Å². The van der Waals surface area contributed by atoms with E-state index in [9.17, 15) is 0 Å². The van der Waals surface area contributed by atoms with Crippen LogP contribution in [0.5, 0.6) is 5.75 Å². The van der Waals surface area contributed by atoms with Crippen molar-refractivity contribution in [3.05, 3.63) is 36.8 Å². The molecule has 0 atom stereocenters. The van der Waals surface area contributed by atoms with Crippen LogP contribution in [-0.2, 0) is 0 Å². The number of hydrogen-bond donors (Lipinski definition) is 0. The maximum atomic E-state index is 5.68. The number of rotatable bonds is 2. The molecule has 0 aliphatic heterocycles. The summed E-state index contributed by atoms with van der Waals surface area (Å²) < 4.78 is 5.68. The molecule has 0 N–H and O–H groups in total. The Morgan fingerprint density at radius 2 is 1.83 bits per heavy atom. The fourth-order valence-electron chi connectivity index (χ4n) is 1.25. The summed E-state index contributed by atoms with van der Waals surface area (Å²) in [5.74, 6) is 0.979. The molecule has 63 valence electrons. The molecule has 12 heavy (non-hydrogen) atoms. The molecule has 0 unspecified atom stereocenters. The van der Waals surface area contributed by atoms with Gasteiger partial charge in [-0.05, 0) is 43.9 Å². The third-order valence-corrected chi connectivity index (χ3v) is 2.28. The Hall–Kier alpha value is -0.980. The lowest BCUT2D eigenvalue weighted by atomic mass is 9.96. The van der Waals surface area contributed by atoms with Gasteiger partial charge in [-0.1, -0.05) is 12.1 Å². The van der Waals surface area contributed by atoms with Crippen LogP contribution < -0.4 is 4.74 Å². The third-order valence-electron chi connectivity index (χ3n) is 2.28. The maximum Gasteiger partial charge on any atom is 0.119 e. The van der Waals surface area contributed by atoms with Crippen LogP contribution in [0.4, 0.5) is 0 Å². The zero-order valence-electron chi connectivity index (χ0n) is 7.12. The van der Waals surface area contributed by atoms with Crippen molar-refractivity contribution >= 4 is 0 Å². The van der Waals surface area contributed by atoms with Gasteiger partial charge in [0.25, 0.3) is 0 Å². The lowest BCUT2D eigenvalue weighted by molar-refractivity contribution is 0.120. The smallest absolute Gasteiger partial charge is 0.119 e. The highest BCUT2D eigenvalue weighted by atomic mass is 16.5. The second kappa shape index (κ2) is 3.18. The standard InChI is InChI=1S/C11H13O/c1-9-5-7-11(8-6-9)12-10-3-2-4-10/h5-8,10H,1-4H2. The molecule has 0 amide bonds. The highest BCUT2D eigenvalue weighted by Gasteiger charge is 2.18. The maximum absolute atomic E-state index is 5.68. The molecule has 1 heteroatoms. The summed E-state index contributed by atoms with van der Waals surface area (Å²) in [6.07, 6.45) is 4.22. The number of ether oxygens (including phenoxy) is 1. The van der Waals surface area contributed by atoms with Crippen LogP contribution in [0.2, 0.25) is 0 Å². The van der Waals surface area contributed by atoms with E-state index in [-0.39, 0.29) is 0 Å².